The Bertz CT molecular complexity index is 990. The van der Waals surface area contributed by atoms with E-state index < -0.39 is 0 Å². The zero-order valence-corrected chi connectivity index (χ0v) is 13.2. The van der Waals surface area contributed by atoms with E-state index in [2.05, 4.69) is 41.2 Å². The molecule has 0 spiro atoms. The molecule has 4 aromatic rings. The molecule has 3 heterocycles. The lowest BCUT2D eigenvalue weighted by Gasteiger charge is -2.04. The number of aryl methyl sites for hydroxylation is 1. The summed E-state index contributed by atoms with van der Waals surface area (Å²) in [7, 11) is 0. The number of hydrogen-bond donors (Lipinski definition) is 0. The molecular formula is C18H13ClN4. The van der Waals surface area contributed by atoms with Crippen molar-refractivity contribution in [1.29, 1.82) is 0 Å². The molecule has 112 valence electrons. The predicted octanol–water partition coefficient (Wildman–Crippen LogP) is 4.42. The van der Waals surface area contributed by atoms with Crippen LogP contribution in [0.2, 0.25) is 5.28 Å². The van der Waals surface area contributed by atoms with Gasteiger partial charge in [0.2, 0.25) is 5.28 Å². The smallest absolute Gasteiger partial charge is 0.222 e. The molecule has 0 aliphatic rings. The van der Waals surface area contributed by atoms with Gasteiger partial charge in [-0.15, -0.1) is 0 Å². The monoisotopic (exact) mass is 320 g/mol. The van der Waals surface area contributed by atoms with E-state index in [4.69, 9.17) is 16.7 Å². The maximum Gasteiger partial charge on any atom is 0.222 e. The van der Waals surface area contributed by atoms with Gasteiger partial charge >= 0.3 is 0 Å². The lowest BCUT2D eigenvalue weighted by molar-refractivity contribution is 0.966. The van der Waals surface area contributed by atoms with E-state index in [9.17, 15) is 0 Å². The van der Waals surface area contributed by atoms with Crippen molar-refractivity contribution < 1.29 is 0 Å². The normalized spacial score (nSPS) is 11.0. The summed E-state index contributed by atoms with van der Waals surface area (Å²) in [5.74, 6) is 0. The highest BCUT2D eigenvalue weighted by Crippen LogP contribution is 2.34. The minimum Gasteiger partial charge on any atom is -0.240 e. The van der Waals surface area contributed by atoms with E-state index in [1.54, 1.807) is 6.20 Å². The summed E-state index contributed by atoms with van der Waals surface area (Å²) >= 11 is 5.98. The summed E-state index contributed by atoms with van der Waals surface area (Å²) in [6, 6.07) is 16.1. The summed E-state index contributed by atoms with van der Waals surface area (Å²) in [4.78, 5) is 8.34. The quantitative estimate of drug-likeness (QED) is 0.513. The Morgan fingerprint density at radius 2 is 1.83 bits per heavy atom. The first-order valence-electron chi connectivity index (χ1n) is 7.26. The Morgan fingerprint density at radius 3 is 2.61 bits per heavy atom. The van der Waals surface area contributed by atoms with Crippen LogP contribution < -0.4 is 0 Å². The lowest BCUT2D eigenvalue weighted by Crippen LogP contribution is -1.88. The van der Waals surface area contributed by atoms with Crippen molar-refractivity contribution in [2.24, 2.45) is 0 Å². The Morgan fingerprint density at radius 1 is 1.00 bits per heavy atom. The average Bonchev–Trinajstić information content (AvgIpc) is 2.95. The van der Waals surface area contributed by atoms with E-state index in [0.717, 1.165) is 28.0 Å². The van der Waals surface area contributed by atoms with Crippen LogP contribution in [-0.4, -0.2) is 19.6 Å². The van der Waals surface area contributed by atoms with Crippen molar-refractivity contribution in [1.82, 2.24) is 19.6 Å². The fourth-order valence-corrected chi connectivity index (χ4v) is 2.79. The molecule has 23 heavy (non-hydrogen) atoms. The molecule has 0 fully saturated rings. The number of benzene rings is 1. The Balaban J connectivity index is 2.04. The molecule has 0 atom stereocenters. The zero-order valence-electron chi connectivity index (χ0n) is 12.4. The molecule has 0 N–H and O–H groups in total. The molecular weight excluding hydrogens is 308 g/mol. The van der Waals surface area contributed by atoms with Crippen LogP contribution in [0.1, 0.15) is 5.56 Å². The third-order valence-corrected chi connectivity index (χ3v) is 3.93. The minimum atomic E-state index is 0.229. The number of hydrogen-bond acceptors (Lipinski definition) is 3. The summed E-state index contributed by atoms with van der Waals surface area (Å²) in [5.41, 5.74) is 5.84. The number of pyridine rings is 1. The Labute approximate surface area is 138 Å². The second kappa shape index (κ2) is 5.48. The van der Waals surface area contributed by atoms with Gasteiger partial charge in [0.05, 0.1) is 16.8 Å². The summed E-state index contributed by atoms with van der Waals surface area (Å²) in [5, 5.41) is 4.96. The van der Waals surface area contributed by atoms with Gasteiger partial charge in [-0.3, -0.25) is 0 Å². The average molecular weight is 321 g/mol. The predicted molar refractivity (Wildman–Crippen MR) is 91.4 cm³/mol. The van der Waals surface area contributed by atoms with Crippen LogP contribution in [0.15, 0.2) is 60.9 Å². The highest BCUT2D eigenvalue weighted by molar-refractivity contribution is 6.28. The van der Waals surface area contributed by atoms with Crippen LogP contribution in [0.25, 0.3) is 28.0 Å². The first-order chi connectivity index (χ1) is 11.2. The minimum absolute atomic E-state index is 0.229. The van der Waals surface area contributed by atoms with Crippen LogP contribution in [0.3, 0.4) is 0 Å². The molecule has 5 heteroatoms. The van der Waals surface area contributed by atoms with Crippen molar-refractivity contribution in [3.63, 3.8) is 0 Å². The van der Waals surface area contributed by atoms with Gasteiger partial charge in [-0.2, -0.15) is 5.10 Å². The molecule has 0 unspecified atom stereocenters. The first kappa shape index (κ1) is 13.9. The molecule has 0 saturated heterocycles. The van der Waals surface area contributed by atoms with Crippen LogP contribution in [0.4, 0.5) is 0 Å². The second-order valence-corrected chi connectivity index (χ2v) is 5.67. The topological polar surface area (TPSA) is 43.1 Å². The van der Waals surface area contributed by atoms with Crippen LogP contribution >= 0.6 is 11.6 Å². The van der Waals surface area contributed by atoms with E-state index in [1.165, 1.54) is 5.56 Å². The maximum absolute atomic E-state index is 5.98. The largest absolute Gasteiger partial charge is 0.240 e. The molecule has 0 amide bonds. The number of nitrogens with zero attached hydrogens (tertiary/aromatic N) is 4. The molecule has 4 nitrogen and oxygen atoms in total. The molecule has 0 saturated carbocycles. The lowest BCUT2D eigenvalue weighted by atomic mass is 10.0. The van der Waals surface area contributed by atoms with Gasteiger partial charge in [0.15, 0.2) is 0 Å². The molecule has 1 aromatic carbocycles. The van der Waals surface area contributed by atoms with Gasteiger partial charge in [0, 0.05) is 18.0 Å². The van der Waals surface area contributed by atoms with Crippen molar-refractivity contribution >= 4 is 17.1 Å². The van der Waals surface area contributed by atoms with Crippen LogP contribution in [-0.2, 0) is 0 Å². The van der Waals surface area contributed by atoms with Gasteiger partial charge in [0.1, 0.15) is 5.69 Å². The molecule has 0 bridgehead atoms. The van der Waals surface area contributed by atoms with Crippen molar-refractivity contribution in [2.75, 3.05) is 0 Å². The maximum atomic E-state index is 5.98. The van der Waals surface area contributed by atoms with E-state index >= 15 is 0 Å². The molecule has 0 aliphatic heterocycles. The fourth-order valence-electron chi connectivity index (χ4n) is 2.64. The van der Waals surface area contributed by atoms with Crippen LogP contribution in [0.5, 0.6) is 0 Å². The highest BCUT2D eigenvalue weighted by atomic mass is 35.5. The number of halogens is 1. The first-order valence-corrected chi connectivity index (χ1v) is 7.63. The molecule has 0 aliphatic carbocycles. The van der Waals surface area contributed by atoms with E-state index in [1.807, 2.05) is 35.0 Å². The standard InChI is InChI=1S/C18H13ClN4/c1-12-5-7-13(8-6-12)17-16(14-9-10-20-18(19)21-14)15-4-2-3-11-23(15)22-17/h2-11H,1H3. The van der Waals surface area contributed by atoms with Gasteiger partial charge in [-0.1, -0.05) is 35.9 Å². The molecule has 4 rings (SSSR count). The van der Waals surface area contributed by atoms with Gasteiger partial charge < -0.3 is 0 Å². The second-order valence-electron chi connectivity index (χ2n) is 5.33. The van der Waals surface area contributed by atoms with Crippen molar-refractivity contribution in [3.05, 3.63) is 71.8 Å². The molecule has 3 aromatic heterocycles. The van der Waals surface area contributed by atoms with Crippen molar-refractivity contribution in [2.45, 2.75) is 6.92 Å². The van der Waals surface area contributed by atoms with Gasteiger partial charge in [-0.25, -0.2) is 14.5 Å². The summed E-state index contributed by atoms with van der Waals surface area (Å²) in [6.45, 7) is 2.07. The van der Waals surface area contributed by atoms with Gasteiger partial charge in [0.25, 0.3) is 0 Å². The highest BCUT2D eigenvalue weighted by Gasteiger charge is 2.17. The number of aromatic nitrogens is 4. The number of fused-ring (bicyclic) bond motifs is 1. The SMILES string of the molecule is Cc1ccc(-c2nn3ccccc3c2-c2ccnc(Cl)n2)cc1. The zero-order chi connectivity index (χ0) is 15.8. The Hall–Kier alpha value is -2.72. The van der Waals surface area contributed by atoms with Gasteiger partial charge in [-0.05, 0) is 36.7 Å². The third-order valence-electron chi connectivity index (χ3n) is 3.75. The van der Waals surface area contributed by atoms with E-state index in [0.29, 0.717) is 0 Å². The van der Waals surface area contributed by atoms with Crippen LogP contribution in [0, 0.1) is 6.92 Å². The summed E-state index contributed by atoms with van der Waals surface area (Å²) in [6.07, 6.45) is 3.59. The van der Waals surface area contributed by atoms with E-state index in [-0.39, 0.29) is 5.28 Å². The van der Waals surface area contributed by atoms with Crippen molar-refractivity contribution in [3.8, 4) is 22.5 Å². The Kier molecular flexibility index (Phi) is 3.32. The molecule has 0 radical (unpaired) electrons. The third kappa shape index (κ3) is 2.47. The summed E-state index contributed by atoms with van der Waals surface area (Å²) < 4.78 is 1.86. The number of rotatable bonds is 2. The fraction of sp³-hybridized carbons (Fsp3) is 0.0556.